The number of amides is 2. The lowest BCUT2D eigenvalue weighted by molar-refractivity contribution is -0.141. The molecule has 2 rings (SSSR count). The maximum atomic E-state index is 12.8. The molecule has 0 saturated carbocycles. The number of rotatable bonds is 4. The molecule has 0 bridgehead atoms. The number of aliphatic hydroxyl groups is 1. The minimum atomic E-state index is -0.766. The van der Waals surface area contributed by atoms with Crippen molar-refractivity contribution in [1.82, 2.24) is 19.9 Å². The van der Waals surface area contributed by atoms with Crippen molar-refractivity contribution in [3.63, 3.8) is 0 Å². The van der Waals surface area contributed by atoms with Crippen molar-refractivity contribution in [3.8, 4) is 0 Å². The predicted molar refractivity (Wildman–Crippen MR) is 74.0 cm³/mol. The topological polar surface area (TPSA) is 114 Å². The number of nitrogens with zero attached hydrogens (tertiary/aromatic N) is 4. The number of carbonyl (C=O) groups is 2. The number of aromatic nitrogens is 3. The zero-order valence-corrected chi connectivity index (χ0v) is 12.4. The van der Waals surface area contributed by atoms with E-state index >= 15 is 0 Å². The Morgan fingerprint density at radius 1 is 1.48 bits per heavy atom. The summed E-state index contributed by atoms with van der Waals surface area (Å²) in [7, 11) is 0. The second kappa shape index (κ2) is 5.80. The normalized spacial score (nSPS) is 23.6. The van der Waals surface area contributed by atoms with Gasteiger partial charge in [0.15, 0.2) is 0 Å². The quantitative estimate of drug-likeness (QED) is 0.757. The van der Waals surface area contributed by atoms with Gasteiger partial charge in [0.2, 0.25) is 11.8 Å². The molecule has 1 saturated heterocycles. The van der Waals surface area contributed by atoms with Gasteiger partial charge in [0.05, 0.1) is 18.0 Å². The van der Waals surface area contributed by atoms with Crippen LogP contribution in [0.4, 0.5) is 0 Å². The number of nitrogens with two attached hydrogens (primary N) is 1. The van der Waals surface area contributed by atoms with Gasteiger partial charge in [0.1, 0.15) is 12.1 Å². The molecule has 3 N–H and O–H groups in total. The molecule has 1 aromatic rings. The van der Waals surface area contributed by atoms with E-state index in [1.807, 2.05) is 20.8 Å². The first-order chi connectivity index (χ1) is 9.82. The molecule has 1 fully saturated rings. The minimum absolute atomic E-state index is 0.0378. The molecular formula is C13H21N5O3. The summed E-state index contributed by atoms with van der Waals surface area (Å²) in [6.07, 6.45) is 1.03. The van der Waals surface area contributed by atoms with E-state index in [0.717, 1.165) is 5.69 Å². The Morgan fingerprint density at radius 2 is 2.14 bits per heavy atom. The van der Waals surface area contributed by atoms with Crippen LogP contribution in [-0.2, 0) is 9.59 Å². The summed E-state index contributed by atoms with van der Waals surface area (Å²) >= 11 is 0. The summed E-state index contributed by atoms with van der Waals surface area (Å²) in [6.45, 7) is 5.72. The van der Waals surface area contributed by atoms with Crippen LogP contribution in [0.5, 0.6) is 0 Å². The Bertz CT molecular complexity index is 542. The van der Waals surface area contributed by atoms with E-state index in [0.29, 0.717) is 0 Å². The molecule has 2 amide bonds. The molecule has 116 valence electrons. The second-order valence-electron chi connectivity index (χ2n) is 5.81. The standard InChI is InChI=1S/C13H21N5O3/c1-7(2)11(18-8(3)5-15-16-18)13(21)17-6-9(19)4-10(17)12(14)20/h5,7,9-11,19H,4,6H2,1-3H3,(H2,14,20)/t9?,10?,11-/m0/s1. The smallest absolute Gasteiger partial charge is 0.248 e. The van der Waals surface area contributed by atoms with Gasteiger partial charge in [0.25, 0.3) is 0 Å². The second-order valence-corrected chi connectivity index (χ2v) is 5.81. The van der Waals surface area contributed by atoms with Gasteiger partial charge in [-0.2, -0.15) is 0 Å². The van der Waals surface area contributed by atoms with Gasteiger partial charge in [-0.25, -0.2) is 4.68 Å². The summed E-state index contributed by atoms with van der Waals surface area (Å²) in [6, 6.07) is -1.34. The summed E-state index contributed by atoms with van der Waals surface area (Å²) in [5.74, 6) is -0.902. The highest BCUT2D eigenvalue weighted by atomic mass is 16.3. The van der Waals surface area contributed by atoms with Gasteiger partial charge in [0, 0.05) is 13.0 Å². The first-order valence-corrected chi connectivity index (χ1v) is 6.97. The van der Waals surface area contributed by atoms with Gasteiger partial charge in [-0.3, -0.25) is 9.59 Å². The van der Waals surface area contributed by atoms with Crippen molar-refractivity contribution in [3.05, 3.63) is 11.9 Å². The third-order valence-electron chi connectivity index (χ3n) is 3.79. The van der Waals surface area contributed by atoms with Crippen molar-refractivity contribution in [2.75, 3.05) is 6.54 Å². The monoisotopic (exact) mass is 295 g/mol. The molecule has 8 nitrogen and oxygen atoms in total. The van der Waals surface area contributed by atoms with E-state index in [1.165, 1.54) is 4.90 Å². The van der Waals surface area contributed by atoms with Crippen LogP contribution in [0.2, 0.25) is 0 Å². The van der Waals surface area contributed by atoms with Gasteiger partial charge in [-0.15, -0.1) is 5.10 Å². The Balaban J connectivity index is 2.31. The van der Waals surface area contributed by atoms with Crippen molar-refractivity contribution in [2.24, 2.45) is 11.7 Å². The lowest BCUT2D eigenvalue weighted by Gasteiger charge is -2.29. The molecule has 1 aromatic heterocycles. The van der Waals surface area contributed by atoms with Crippen LogP contribution >= 0.6 is 0 Å². The fourth-order valence-electron chi connectivity index (χ4n) is 2.74. The highest BCUT2D eigenvalue weighted by Crippen LogP contribution is 2.26. The predicted octanol–water partition coefficient (Wildman–Crippen LogP) is -0.769. The van der Waals surface area contributed by atoms with Crippen molar-refractivity contribution in [1.29, 1.82) is 0 Å². The zero-order valence-electron chi connectivity index (χ0n) is 12.4. The highest BCUT2D eigenvalue weighted by Gasteiger charge is 2.41. The maximum absolute atomic E-state index is 12.8. The maximum Gasteiger partial charge on any atom is 0.248 e. The van der Waals surface area contributed by atoms with Gasteiger partial charge < -0.3 is 15.7 Å². The summed E-state index contributed by atoms with van der Waals surface area (Å²) in [5, 5.41) is 17.5. The zero-order chi connectivity index (χ0) is 15.7. The number of carbonyl (C=O) groups excluding carboxylic acids is 2. The lowest BCUT2D eigenvalue weighted by Crippen LogP contribution is -2.47. The fraction of sp³-hybridized carbons (Fsp3) is 0.692. The Labute approximate surface area is 122 Å². The molecule has 0 aliphatic carbocycles. The number of hydrogen-bond donors (Lipinski definition) is 2. The molecule has 0 aromatic carbocycles. The van der Waals surface area contributed by atoms with Gasteiger partial charge in [-0.1, -0.05) is 19.1 Å². The van der Waals surface area contributed by atoms with E-state index < -0.39 is 24.1 Å². The average molecular weight is 295 g/mol. The van der Waals surface area contributed by atoms with Crippen LogP contribution in [0.25, 0.3) is 0 Å². The van der Waals surface area contributed by atoms with Crippen LogP contribution in [0.1, 0.15) is 32.0 Å². The Kier molecular flexibility index (Phi) is 4.26. The number of likely N-dealkylation sites (tertiary alicyclic amines) is 1. The van der Waals surface area contributed by atoms with Crippen LogP contribution in [0, 0.1) is 12.8 Å². The molecule has 2 unspecified atom stereocenters. The Hall–Kier alpha value is -1.96. The van der Waals surface area contributed by atoms with Crippen LogP contribution in [0.3, 0.4) is 0 Å². The lowest BCUT2D eigenvalue weighted by atomic mass is 10.0. The molecule has 1 aliphatic heterocycles. The first-order valence-electron chi connectivity index (χ1n) is 6.97. The van der Waals surface area contributed by atoms with E-state index in [9.17, 15) is 14.7 Å². The highest BCUT2D eigenvalue weighted by molar-refractivity contribution is 5.89. The number of β-amino-alcohol motifs (C(OH)–C–C–N with tert-alkyl or cyclic N) is 1. The van der Waals surface area contributed by atoms with Crippen LogP contribution < -0.4 is 5.73 Å². The molecule has 2 heterocycles. The molecule has 21 heavy (non-hydrogen) atoms. The van der Waals surface area contributed by atoms with E-state index in [1.54, 1.807) is 10.9 Å². The summed E-state index contributed by atoms with van der Waals surface area (Å²) in [5.41, 5.74) is 6.10. The van der Waals surface area contributed by atoms with Crippen LogP contribution in [-0.4, -0.2) is 55.5 Å². The van der Waals surface area contributed by atoms with Gasteiger partial charge in [-0.05, 0) is 12.8 Å². The van der Waals surface area contributed by atoms with Crippen LogP contribution in [0.15, 0.2) is 6.20 Å². The number of aliphatic hydroxyl groups excluding tert-OH is 1. The Morgan fingerprint density at radius 3 is 2.62 bits per heavy atom. The average Bonchev–Trinajstić information content (AvgIpc) is 2.96. The number of hydrogen-bond acceptors (Lipinski definition) is 5. The largest absolute Gasteiger partial charge is 0.391 e. The number of aryl methyl sites for hydroxylation is 1. The number of primary amides is 1. The van der Waals surface area contributed by atoms with Crippen molar-refractivity contribution >= 4 is 11.8 Å². The molecule has 0 spiro atoms. The summed E-state index contributed by atoms with van der Waals surface area (Å²) in [4.78, 5) is 25.7. The third-order valence-corrected chi connectivity index (χ3v) is 3.79. The minimum Gasteiger partial charge on any atom is -0.391 e. The van der Waals surface area contributed by atoms with E-state index in [2.05, 4.69) is 10.3 Å². The van der Waals surface area contributed by atoms with Gasteiger partial charge >= 0.3 is 0 Å². The summed E-state index contributed by atoms with van der Waals surface area (Å²) < 4.78 is 1.55. The van der Waals surface area contributed by atoms with Crippen molar-refractivity contribution in [2.45, 2.75) is 45.4 Å². The first kappa shape index (κ1) is 15.4. The van der Waals surface area contributed by atoms with Crippen molar-refractivity contribution < 1.29 is 14.7 Å². The third kappa shape index (κ3) is 2.90. The molecule has 1 aliphatic rings. The molecular weight excluding hydrogens is 274 g/mol. The molecule has 0 radical (unpaired) electrons. The van der Waals surface area contributed by atoms with E-state index in [-0.39, 0.29) is 24.8 Å². The fourth-order valence-corrected chi connectivity index (χ4v) is 2.74. The van der Waals surface area contributed by atoms with E-state index in [4.69, 9.17) is 5.73 Å². The molecule has 3 atom stereocenters. The SMILES string of the molecule is Cc1cnnn1[C@H](C(=O)N1CC(O)CC1C(N)=O)C(C)C. The molecule has 8 heteroatoms.